The molecule has 0 spiro atoms. The Morgan fingerprint density at radius 2 is 1.78 bits per heavy atom. The second kappa shape index (κ2) is 4.84. The van der Waals surface area contributed by atoms with Crippen molar-refractivity contribution in [3.8, 4) is 0 Å². The minimum atomic E-state index is -4.31. The number of benzene rings is 1. The van der Waals surface area contributed by atoms with Gasteiger partial charge in [0.25, 0.3) is 0 Å². The van der Waals surface area contributed by atoms with Crippen LogP contribution in [0, 0.1) is 11.6 Å². The fourth-order valence-corrected chi connectivity index (χ4v) is 2.19. The van der Waals surface area contributed by atoms with Crippen LogP contribution >= 0.6 is 0 Å². The Hall–Kier alpha value is -1.17. The van der Waals surface area contributed by atoms with E-state index in [-0.39, 0.29) is 6.42 Å². The molecule has 1 aliphatic heterocycles. The molecule has 1 heterocycles. The fraction of sp³-hybridized carbons (Fsp3) is 0.500. The third-order valence-corrected chi connectivity index (χ3v) is 3.13. The Balaban J connectivity index is 2.15. The molecule has 1 aromatic carbocycles. The highest BCUT2D eigenvalue weighted by atomic mass is 19.4. The van der Waals surface area contributed by atoms with Crippen molar-refractivity contribution >= 4 is 0 Å². The topological polar surface area (TPSA) is 12.0 Å². The van der Waals surface area contributed by atoms with E-state index in [1.54, 1.807) is 0 Å². The number of rotatable bonds is 1. The first-order valence-electron chi connectivity index (χ1n) is 5.65. The molecule has 1 aliphatic rings. The van der Waals surface area contributed by atoms with Crippen LogP contribution in [0.2, 0.25) is 0 Å². The van der Waals surface area contributed by atoms with E-state index in [2.05, 4.69) is 5.32 Å². The summed E-state index contributed by atoms with van der Waals surface area (Å²) in [5.41, 5.74) is 0.350. The predicted molar refractivity (Wildman–Crippen MR) is 55.9 cm³/mol. The van der Waals surface area contributed by atoms with Crippen molar-refractivity contribution < 1.29 is 22.0 Å². The summed E-state index contributed by atoms with van der Waals surface area (Å²) >= 11 is 0. The van der Waals surface area contributed by atoms with Crippen molar-refractivity contribution in [1.29, 1.82) is 0 Å². The summed E-state index contributed by atoms with van der Waals surface area (Å²) in [6, 6.07) is 1.04. The molecule has 2 atom stereocenters. The van der Waals surface area contributed by atoms with Gasteiger partial charge < -0.3 is 0 Å². The summed E-state index contributed by atoms with van der Waals surface area (Å²) in [6.45, 7) is 0. The van der Waals surface area contributed by atoms with Crippen LogP contribution in [0.1, 0.15) is 30.9 Å². The molecule has 2 rings (SSSR count). The normalized spacial score (nSPS) is 25.2. The number of halogens is 5. The molecule has 1 aromatic rings. The minimum absolute atomic E-state index is 0.0175. The van der Waals surface area contributed by atoms with Crippen LogP contribution in [-0.4, -0.2) is 12.2 Å². The zero-order chi connectivity index (χ0) is 13.3. The highest BCUT2D eigenvalue weighted by molar-refractivity contribution is 5.22. The standard InChI is InChI=1S/C12H12F5N/c13-8-5-4-7(6-9(8)14)10-2-1-3-11(18-10)12(15,16)17/h4-6,10-11,18H,1-3H2. The van der Waals surface area contributed by atoms with E-state index in [0.29, 0.717) is 18.4 Å². The first-order valence-corrected chi connectivity index (χ1v) is 5.65. The van der Waals surface area contributed by atoms with Crippen molar-refractivity contribution in [2.45, 2.75) is 37.5 Å². The van der Waals surface area contributed by atoms with E-state index >= 15 is 0 Å². The Bertz CT molecular complexity index is 429. The van der Waals surface area contributed by atoms with Crippen LogP contribution in [0.5, 0.6) is 0 Å². The average molecular weight is 265 g/mol. The first-order chi connectivity index (χ1) is 8.38. The van der Waals surface area contributed by atoms with Gasteiger partial charge in [-0.05, 0) is 37.0 Å². The molecule has 0 amide bonds. The second-order valence-electron chi connectivity index (χ2n) is 4.42. The first kappa shape index (κ1) is 13.3. The molecule has 1 saturated heterocycles. The predicted octanol–water partition coefficient (Wildman–Crippen LogP) is 3.71. The van der Waals surface area contributed by atoms with Crippen LogP contribution in [0.25, 0.3) is 0 Å². The van der Waals surface area contributed by atoms with Gasteiger partial charge in [-0.2, -0.15) is 13.2 Å². The van der Waals surface area contributed by atoms with Crippen LogP contribution in [-0.2, 0) is 0 Å². The van der Waals surface area contributed by atoms with E-state index in [1.165, 1.54) is 6.07 Å². The SMILES string of the molecule is Fc1ccc(C2CCCC(C(F)(F)F)N2)cc1F. The van der Waals surface area contributed by atoms with Crippen molar-refractivity contribution in [3.05, 3.63) is 35.4 Å². The lowest BCUT2D eigenvalue weighted by atomic mass is 9.93. The van der Waals surface area contributed by atoms with E-state index in [4.69, 9.17) is 0 Å². The zero-order valence-corrected chi connectivity index (χ0v) is 9.40. The lowest BCUT2D eigenvalue weighted by Gasteiger charge is -2.32. The van der Waals surface area contributed by atoms with Crippen molar-refractivity contribution in [1.82, 2.24) is 5.32 Å². The van der Waals surface area contributed by atoms with Crippen molar-refractivity contribution in [3.63, 3.8) is 0 Å². The van der Waals surface area contributed by atoms with Crippen LogP contribution in [0.3, 0.4) is 0 Å². The minimum Gasteiger partial charge on any atom is -0.299 e. The average Bonchev–Trinajstić information content (AvgIpc) is 2.32. The summed E-state index contributed by atoms with van der Waals surface area (Å²) in [6.07, 6.45) is -3.40. The lowest BCUT2D eigenvalue weighted by Crippen LogP contribution is -2.46. The molecule has 0 aromatic heterocycles. The number of nitrogens with one attached hydrogen (secondary N) is 1. The molecule has 18 heavy (non-hydrogen) atoms. The van der Waals surface area contributed by atoms with Gasteiger partial charge in [-0.1, -0.05) is 6.07 Å². The number of hydrogen-bond acceptors (Lipinski definition) is 1. The third kappa shape index (κ3) is 2.80. The number of piperidine rings is 1. The molecule has 1 nitrogen and oxygen atoms in total. The van der Waals surface area contributed by atoms with E-state index in [1.807, 2.05) is 0 Å². The third-order valence-electron chi connectivity index (χ3n) is 3.13. The molecule has 0 bridgehead atoms. The molecule has 2 unspecified atom stereocenters. The summed E-state index contributed by atoms with van der Waals surface area (Å²) in [5.74, 6) is -2.04. The van der Waals surface area contributed by atoms with Crippen LogP contribution in [0.4, 0.5) is 22.0 Å². The quantitative estimate of drug-likeness (QED) is 0.763. The Morgan fingerprint density at radius 3 is 2.39 bits per heavy atom. The summed E-state index contributed by atoms with van der Waals surface area (Å²) < 4.78 is 63.5. The van der Waals surface area contributed by atoms with Crippen molar-refractivity contribution in [2.24, 2.45) is 0 Å². The summed E-state index contributed by atoms with van der Waals surface area (Å²) in [5, 5.41) is 2.44. The maximum atomic E-state index is 13.0. The van der Waals surface area contributed by atoms with Gasteiger partial charge in [0.2, 0.25) is 0 Å². The second-order valence-corrected chi connectivity index (χ2v) is 4.42. The fourth-order valence-electron chi connectivity index (χ4n) is 2.19. The van der Waals surface area contributed by atoms with Gasteiger partial charge in [-0.25, -0.2) is 8.78 Å². The van der Waals surface area contributed by atoms with Crippen molar-refractivity contribution in [2.75, 3.05) is 0 Å². The summed E-state index contributed by atoms with van der Waals surface area (Å²) in [4.78, 5) is 0. The van der Waals surface area contributed by atoms with Gasteiger partial charge in [0.05, 0.1) is 0 Å². The highest BCUT2D eigenvalue weighted by Gasteiger charge is 2.42. The lowest BCUT2D eigenvalue weighted by molar-refractivity contribution is -0.163. The molecule has 0 saturated carbocycles. The van der Waals surface area contributed by atoms with Gasteiger partial charge >= 0.3 is 6.18 Å². The van der Waals surface area contributed by atoms with E-state index in [0.717, 1.165) is 12.1 Å². The van der Waals surface area contributed by atoms with Gasteiger partial charge in [-0.15, -0.1) is 0 Å². The van der Waals surface area contributed by atoms with Crippen LogP contribution in [0.15, 0.2) is 18.2 Å². The summed E-state index contributed by atoms with van der Waals surface area (Å²) in [7, 11) is 0. The Kier molecular flexibility index (Phi) is 3.56. The molecule has 1 N–H and O–H groups in total. The van der Waals surface area contributed by atoms with Gasteiger partial charge in [0, 0.05) is 6.04 Å². The van der Waals surface area contributed by atoms with E-state index < -0.39 is 29.9 Å². The van der Waals surface area contributed by atoms with Gasteiger partial charge in [0.1, 0.15) is 6.04 Å². The van der Waals surface area contributed by atoms with Crippen LogP contribution < -0.4 is 5.32 Å². The number of hydrogen-bond donors (Lipinski definition) is 1. The highest BCUT2D eigenvalue weighted by Crippen LogP contribution is 2.33. The molecule has 0 radical (unpaired) electrons. The monoisotopic (exact) mass is 265 g/mol. The largest absolute Gasteiger partial charge is 0.403 e. The maximum Gasteiger partial charge on any atom is 0.403 e. The van der Waals surface area contributed by atoms with Gasteiger partial charge in [-0.3, -0.25) is 5.32 Å². The number of alkyl halides is 3. The maximum absolute atomic E-state index is 13.0. The van der Waals surface area contributed by atoms with E-state index in [9.17, 15) is 22.0 Å². The van der Waals surface area contributed by atoms with Gasteiger partial charge in [0.15, 0.2) is 11.6 Å². The molecule has 0 aliphatic carbocycles. The molecule has 1 fully saturated rings. The zero-order valence-electron chi connectivity index (χ0n) is 9.40. The molecule has 6 heteroatoms. The molecular weight excluding hydrogens is 253 g/mol. The Labute approximate surface area is 101 Å². The smallest absolute Gasteiger partial charge is 0.299 e. The molecule has 100 valence electrons. The Morgan fingerprint density at radius 1 is 1.06 bits per heavy atom. The molecular formula is C12H12F5N.